The highest BCUT2D eigenvalue weighted by Gasteiger charge is 2.24. The number of aromatic nitrogens is 1. The fourth-order valence-corrected chi connectivity index (χ4v) is 2.67. The van der Waals surface area contributed by atoms with E-state index in [-0.39, 0.29) is 5.54 Å². The third-order valence-corrected chi connectivity index (χ3v) is 3.89. The van der Waals surface area contributed by atoms with Crippen LogP contribution in [0.5, 0.6) is 0 Å². The zero-order valence-corrected chi connectivity index (χ0v) is 12.8. The third-order valence-electron chi connectivity index (χ3n) is 2.39. The highest BCUT2D eigenvalue weighted by atomic mass is 79.9. The van der Waals surface area contributed by atoms with Crippen LogP contribution >= 0.6 is 27.3 Å². The van der Waals surface area contributed by atoms with Gasteiger partial charge in [0.1, 0.15) is 0 Å². The Morgan fingerprint density at radius 3 is 2.56 bits per heavy atom. The molecule has 1 aromatic rings. The third kappa shape index (κ3) is 3.59. The van der Waals surface area contributed by atoms with Gasteiger partial charge in [0.05, 0.1) is 9.98 Å². The molecule has 0 N–H and O–H groups in total. The second-order valence-corrected chi connectivity index (χ2v) is 7.20. The van der Waals surface area contributed by atoms with Crippen LogP contribution in [0, 0.1) is 0 Å². The van der Waals surface area contributed by atoms with Gasteiger partial charge in [-0.1, -0.05) is 30.4 Å². The van der Waals surface area contributed by atoms with Crippen molar-refractivity contribution in [1.29, 1.82) is 0 Å². The van der Waals surface area contributed by atoms with E-state index < -0.39 is 0 Å². The Kier molecular flexibility index (Phi) is 4.56. The topological polar surface area (TPSA) is 16.1 Å². The van der Waals surface area contributed by atoms with Gasteiger partial charge < -0.3 is 4.90 Å². The molecule has 0 radical (unpaired) electrons. The number of rotatable bonds is 4. The van der Waals surface area contributed by atoms with Gasteiger partial charge in [0, 0.05) is 12.1 Å². The molecule has 0 amide bonds. The van der Waals surface area contributed by atoms with E-state index in [1.54, 1.807) is 11.3 Å². The molecule has 0 atom stereocenters. The van der Waals surface area contributed by atoms with Crippen LogP contribution in [-0.4, -0.2) is 17.1 Å². The Morgan fingerprint density at radius 2 is 2.19 bits per heavy atom. The number of hydrogen-bond acceptors (Lipinski definition) is 3. The maximum absolute atomic E-state index is 4.43. The molecular weight excluding hydrogens is 284 g/mol. The van der Waals surface area contributed by atoms with Crippen LogP contribution in [0.3, 0.4) is 0 Å². The summed E-state index contributed by atoms with van der Waals surface area (Å²) in [5, 5.41) is 1.05. The Morgan fingerprint density at radius 1 is 1.56 bits per heavy atom. The molecule has 1 heterocycles. The van der Waals surface area contributed by atoms with Gasteiger partial charge in [-0.3, -0.25) is 0 Å². The molecule has 1 aromatic heterocycles. The van der Waals surface area contributed by atoms with E-state index in [1.165, 1.54) is 5.57 Å². The number of nitrogens with zero attached hydrogens (tertiary/aromatic N) is 2. The second kappa shape index (κ2) is 5.32. The van der Waals surface area contributed by atoms with Gasteiger partial charge >= 0.3 is 0 Å². The van der Waals surface area contributed by atoms with Gasteiger partial charge in [0.2, 0.25) is 0 Å². The molecule has 0 aliphatic heterocycles. The van der Waals surface area contributed by atoms with Crippen molar-refractivity contribution in [2.24, 2.45) is 0 Å². The first kappa shape index (κ1) is 13.7. The highest BCUT2D eigenvalue weighted by molar-refractivity contribution is 9.11. The molecule has 2 nitrogen and oxygen atoms in total. The zero-order chi connectivity index (χ0) is 12.3. The Bertz CT molecular complexity index is 365. The monoisotopic (exact) mass is 302 g/mol. The summed E-state index contributed by atoms with van der Waals surface area (Å²) in [5.74, 6) is 0. The summed E-state index contributed by atoms with van der Waals surface area (Å²) in [4.78, 5) is 6.73. The minimum Gasteiger partial charge on any atom is -0.339 e. The van der Waals surface area contributed by atoms with Gasteiger partial charge in [-0.2, -0.15) is 0 Å². The standard InChI is InChI=1S/C12H19BrN2S/c1-6-9(2)8-15(12(3,4)5)11-14-7-10(13)16-11/h7H,2,6,8H2,1,3-5H3. The van der Waals surface area contributed by atoms with Crippen molar-refractivity contribution in [1.82, 2.24) is 4.98 Å². The summed E-state index contributed by atoms with van der Waals surface area (Å²) in [7, 11) is 0. The second-order valence-electron chi connectivity index (χ2n) is 4.81. The molecule has 16 heavy (non-hydrogen) atoms. The largest absolute Gasteiger partial charge is 0.339 e. The van der Waals surface area contributed by atoms with Gasteiger partial charge in [0.15, 0.2) is 5.13 Å². The lowest BCUT2D eigenvalue weighted by Gasteiger charge is -2.36. The number of anilines is 1. The van der Waals surface area contributed by atoms with Gasteiger partial charge in [-0.25, -0.2) is 4.98 Å². The Balaban J connectivity index is 2.92. The van der Waals surface area contributed by atoms with Crippen molar-refractivity contribution in [2.75, 3.05) is 11.4 Å². The van der Waals surface area contributed by atoms with E-state index in [9.17, 15) is 0 Å². The SMILES string of the molecule is C=C(CC)CN(c1ncc(Br)s1)C(C)(C)C. The van der Waals surface area contributed by atoms with E-state index in [2.05, 4.69) is 60.1 Å². The fourth-order valence-electron chi connectivity index (χ4n) is 1.30. The maximum atomic E-state index is 4.43. The normalized spacial score (nSPS) is 11.6. The van der Waals surface area contributed by atoms with Crippen molar-refractivity contribution < 1.29 is 0 Å². The van der Waals surface area contributed by atoms with E-state index >= 15 is 0 Å². The lowest BCUT2D eigenvalue weighted by atomic mass is 10.1. The summed E-state index contributed by atoms with van der Waals surface area (Å²) >= 11 is 5.12. The Hall–Kier alpha value is -0.350. The van der Waals surface area contributed by atoms with E-state index in [4.69, 9.17) is 0 Å². The minimum atomic E-state index is 0.0649. The van der Waals surface area contributed by atoms with Crippen LogP contribution in [0.1, 0.15) is 34.1 Å². The predicted octanol–water partition coefficient (Wildman–Crippen LogP) is 4.48. The van der Waals surface area contributed by atoms with Crippen LogP contribution in [0.2, 0.25) is 0 Å². The molecule has 0 saturated heterocycles. The van der Waals surface area contributed by atoms with Crippen LogP contribution in [0.15, 0.2) is 22.1 Å². The minimum absolute atomic E-state index is 0.0649. The molecule has 4 heteroatoms. The number of thiazole rings is 1. The summed E-state index contributed by atoms with van der Waals surface area (Å²) in [6.45, 7) is 13.7. The van der Waals surface area contributed by atoms with E-state index in [0.29, 0.717) is 0 Å². The highest BCUT2D eigenvalue weighted by Crippen LogP contribution is 2.31. The summed E-state index contributed by atoms with van der Waals surface area (Å²) in [5.41, 5.74) is 1.30. The first-order valence-corrected chi connectivity index (χ1v) is 7.01. The fraction of sp³-hybridized carbons (Fsp3) is 0.583. The predicted molar refractivity (Wildman–Crippen MR) is 76.3 cm³/mol. The van der Waals surface area contributed by atoms with Crippen LogP contribution in [0.4, 0.5) is 5.13 Å². The van der Waals surface area contributed by atoms with Gasteiger partial charge in [0.25, 0.3) is 0 Å². The first-order chi connectivity index (χ1) is 7.34. The lowest BCUT2D eigenvalue weighted by molar-refractivity contribution is 0.515. The molecule has 0 bridgehead atoms. The molecule has 0 aliphatic carbocycles. The van der Waals surface area contributed by atoms with Crippen LogP contribution in [-0.2, 0) is 0 Å². The van der Waals surface area contributed by atoms with Crippen molar-refractivity contribution in [3.63, 3.8) is 0 Å². The zero-order valence-electron chi connectivity index (χ0n) is 10.4. The smallest absolute Gasteiger partial charge is 0.187 e. The van der Waals surface area contributed by atoms with Crippen molar-refractivity contribution in [3.05, 3.63) is 22.1 Å². The van der Waals surface area contributed by atoms with Crippen LogP contribution in [0.25, 0.3) is 0 Å². The molecule has 0 fully saturated rings. The van der Waals surface area contributed by atoms with Gasteiger partial charge in [-0.15, -0.1) is 0 Å². The molecule has 0 spiro atoms. The van der Waals surface area contributed by atoms with Crippen molar-refractivity contribution in [2.45, 2.75) is 39.7 Å². The molecule has 0 aliphatic rings. The molecular formula is C12H19BrN2S. The molecule has 0 aromatic carbocycles. The first-order valence-electron chi connectivity index (χ1n) is 5.40. The quantitative estimate of drug-likeness (QED) is 0.763. The molecule has 0 saturated carbocycles. The Labute approximate surface area is 111 Å². The van der Waals surface area contributed by atoms with Crippen molar-refractivity contribution in [3.8, 4) is 0 Å². The molecule has 90 valence electrons. The summed E-state index contributed by atoms with van der Waals surface area (Å²) < 4.78 is 1.07. The average Bonchev–Trinajstić information content (AvgIpc) is 2.58. The molecule has 1 rings (SSSR count). The van der Waals surface area contributed by atoms with Crippen molar-refractivity contribution >= 4 is 32.4 Å². The van der Waals surface area contributed by atoms with Crippen LogP contribution < -0.4 is 4.90 Å². The molecule has 0 unspecified atom stereocenters. The maximum Gasteiger partial charge on any atom is 0.187 e. The summed E-state index contributed by atoms with van der Waals surface area (Å²) in [6.07, 6.45) is 2.87. The van der Waals surface area contributed by atoms with E-state index in [0.717, 1.165) is 21.9 Å². The van der Waals surface area contributed by atoms with Gasteiger partial charge in [-0.05, 0) is 43.1 Å². The summed E-state index contributed by atoms with van der Waals surface area (Å²) in [6, 6.07) is 0. The average molecular weight is 303 g/mol. The van der Waals surface area contributed by atoms with E-state index in [1.807, 2.05) is 6.20 Å². The number of halogens is 1. The number of hydrogen-bond donors (Lipinski definition) is 0. The lowest BCUT2D eigenvalue weighted by Crippen LogP contribution is -2.42.